The number of aliphatic hydroxyl groups excluding tert-OH is 1. The number of aliphatic hydroxyl groups is 1. The number of halogens is 2. The number of nitrogens with zero attached hydrogens (tertiary/aromatic N) is 2. The summed E-state index contributed by atoms with van der Waals surface area (Å²) in [6, 6.07) is 13.5. The molecule has 0 bridgehead atoms. The number of H-pyrrole nitrogens is 1. The summed E-state index contributed by atoms with van der Waals surface area (Å²) >= 11 is 0. The fraction of sp³-hybridized carbons (Fsp3) is 0.226. The molecular weight excluding hydrogens is 622 g/mol. The lowest BCUT2D eigenvalue weighted by Crippen LogP contribution is -2.50. The van der Waals surface area contributed by atoms with Crippen molar-refractivity contribution >= 4 is 39.4 Å². The van der Waals surface area contributed by atoms with Crippen molar-refractivity contribution < 1.29 is 36.7 Å². The van der Waals surface area contributed by atoms with E-state index in [2.05, 4.69) is 25.9 Å². The van der Waals surface area contributed by atoms with Crippen LogP contribution in [-0.4, -0.2) is 66.7 Å². The molecule has 3 amide bonds. The van der Waals surface area contributed by atoms with Gasteiger partial charge in [0.25, 0.3) is 17.7 Å². The van der Waals surface area contributed by atoms with Crippen LogP contribution in [0.3, 0.4) is 0 Å². The summed E-state index contributed by atoms with van der Waals surface area (Å²) in [6.07, 6.45) is 1.38. The third-order valence-corrected chi connectivity index (χ3v) is 8.24. The smallest absolute Gasteiger partial charge is 0.257 e. The zero-order chi connectivity index (χ0) is 33.6. The average molecular weight is 655 g/mol. The second-order valence-electron chi connectivity index (χ2n) is 10.5. The summed E-state index contributed by atoms with van der Waals surface area (Å²) in [5.41, 5.74) is 0.553. The summed E-state index contributed by atoms with van der Waals surface area (Å²) in [5, 5.41) is 18.6. The molecule has 3 atom stereocenters. The molecule has 15 heteroatoms. The molecular formula is C31H32F2N6O6S. The molecule has 0 aliphatic heterocycles. The molecule has 0 saturated heterocycles. The molecule has 0 aliphatic carbocycles. The van der Waals surface area contributed by atoms with Crippen LogP contribution >= 0.6 is 0 Å². The summed E-state index contributed by atoms with van der Waals surface area (Å²) < 4.78 is 53.6. The van der Waals surface area contributed by atoms with Crippen LogP contribution in [0.2, 0.25) is 0 Å². The molecule has 1 aromatic heterocycles. The molecule has 3 aromatic carbocycles. The number of sulfonamides is 1. The minimum Gasteiger partial charge on any atom is -0.381 e. The third kappa shape index (κ3) is 8.73. The van der Waals surface area contributed by atoms with E-state index in [0.29, 0.717) is 6.07 Å². The van der Waals surface area contributed by atoms with Crippen molar-refractivity contribution in [1.82, 2.24) is 20.6 Å². The van der Waals surface area contributed by atoms with Crippen molar-refractivity contribution in [2.24, 2.45) is 0 Å². The molecule has 0 unspecified atom stereocenters. The summed E-state index contributed by atoms with van der Waals surface area (Å²) in [5.74, 6) is -4.34. The number of rotatable bonds is 12. The zero-order valence-corrected chi connectivity index (χ0v) is 25.8. The average Bonchev–Trinajstić information content (AvgIpc) is 3.52. The van der Waals surface area contributed by atoms with Gasteiger partial charge in [0.15, 0.2) is 6.10 Å². The molecule has 5 N–H and O–H groups in total. The first kappa shape index (κ1) is 33.7. The van der Waals surface area contributed by atoms with Crippen molar-refractivity contribution in [3.05, 3.63) is 113 Å². The van der Waals surface area contributed by atoms with Crippen molar-refractivity contribution in [3.63, 3.8) is 0 Å². The molecule has 0 fully saturated rings. The van der Waals surface area contributed by atoms with Crippen molar-refractivity contribution in [3.8, 4) is 0 Å². The number of aromatic nitrogens is 2. The highest BCUT2D eigenvalue weighted by atomic mass is 32.2. The van der Waals surface area contributed by atoms with Crippen molar-refractivity contribution in [2.75, 3.05) is 22.9 Å². The second-order valence-corrected chi connectivity index (χ2v) is 12.6. The van der Waals surface area contributed by atoms with Gasteiger partial charge >= 0.3 is 0 Å². The topological polar surface area (TPSA) is 174 Å². The summed E-state index contributed by atoms with van der Waals surface area (Å²) in [6.45, 7) is 1.75. The number of hydrogen-bond donors (Lipinski definition) is 5. The first-order valence-corrected chi connectivity index (χ1v) is 15.7. The van der Waals surface area contributed by atoms with Crippen LogP contribution in [0, 0.1) is 11.6 Å². The largest absolute Gasteiger partial charge is 0.381 e. The van der Waals surface area contributed by atoms with Crippen LogP contribution in [0.25, 0.3) is 0 Å². The van der Waals surface area contributed by atoms with E-state index in [1.165, 1.54) is 37.6 Å². The molecule has 0 spiro atoms. The number of aromatic amines is 1. The van der Waals surface area contributed by atoms with Crippen LogP contribution in [0.4, 0.5) is 20.4 Å². The van der Waals surface area contributed by atoms with E-state index in [1.807, 2.05) is 18.2 Å². The Morgan fingerprint density at radius 2 is 1.57 bits per heavy atom. The van der Waals surface area contributed by atoms with Crippen molar-refractivity contribution in [1.29, 1.82) is 0 Å². The van der Waals surface area contributed by atoms with Gasteiger partial charge in [0.2, 0.25) is 16.0 Å². The molecule has 242 valence electrons. The number of anilines is 2. The molecule has 0 radical (unpaired) electrons. The Morgan fingerprint density at radius 1 is 0.957 bits per heavy atom. The van der Waals surface area contributed by atoms with Crippen LogP contribution < -0.4 is 20.3 Å². The molecule has 4 rings (SSSR count). The number of imidazole rings is 1. The monoisotopic (exact) mass is 654 g/mol. The predicted octanol–water partition coefficient (Wildman–Crippen LogP) is 2.92. The number of amides is 3. The number of nitrogens with one attached hydrogen (secondary N) is 4. The van der Waals surface area contributed by atoms with Gasteiger partial charge in [0.1, 0.15) is 11.6 Å². The Hall–Kier alpha value is -5.15. The number of benzene rings is 3. The van der Waals surface area contributed by atoms with Gasteiger partial charge in [0.05, 0.1) is 24.0 Å². The Morgan fingerprint density at radius 3 is 2.13 bits per heavy atom. The minimum atomic E-state index is -3.83. The highest BCUT2D eigenvalue weighted by Gasteiger charge is 2.30. The van der Waals surface area contributed by atoms with Crippen LogP contribution in [-0.2, 0) is 21.2 Å². The van der Waals surface area contributed by atoms with Crippen molar-refractivity contribution in [2.45, 2.75) is 31.5 Å². The van der Waals surface area contributed by atoms with Gasteiger partial charge in [-0.2, -0.15) is 0 Å². The van der Waals surface area contributed by atoms with E-state index in [0.717, 1.165) is 28.3 Å². The summed E-state index contributed by atoms with van der Waals surface area (Å²) in [7, 11) is -2.59. The van der Waals surface area contributed by atoms with E-state index in [-0.39, 0.29) is 28.3 Å². The zero-order valence-electron chi connectivity index (χ0n) is 25.0. The highest BCUT2D eigenvalue weighted by molar-refractivity contribution is 7.92. The normalized spacial score (nSPS) is 13.3. The Bertz CT molecular complexity index is 1800. The number of carbonyl (C=O) groups is 3. The Balaban J connectivity index is 1.67. The molecule has 4 aromatic rings. The quantitative estimate of drug-likeness (QED) is 0.156. The fourth-order valence-corrected chi connectivity index (χ4v) is 5.02. The SMILES string of the molecule is C[C@@H](NC(=O)c1cc(C(=O)N[C@@H](Cc2cc(F)cc(F)c2)[C@@H](O)C(=O)Nc2ncc[nH]2)cc(N(C)S(C)(=O)=O)c1)c1ccccc1. The standard InChI is InChI=1S/C31H32F2N6O6S/c1-18(20-7-5-4-6-8-20)36-28(41)21-14-22(16-25(15-21)39(2)46(3,44)45)29(42)37-26(13-19-11-23(32)17-24(33)12-19)27(40)30(43)38-31-34-9-10-35-31/h4-12,14-18,26-27,40H,13H2,1-3H3,(H,36,41)(H,37,42)(H2,34,35,38,43)/t18-,26+,27-/m1/s1. The fourth-order valence-electron chi connectivity index (χ4n) is 4.53. The maximum absolute atomic E-state index is 14.0. The van der Waals surface area contributed by atoms with E-state index in [4.69, 9.17) is 0 Å². The Labute approximate surface area is 263 Å². The lowest BCUT2D eigenvalue weighted by Gasteiger charge is -2.24. The van der Waals surface area contributed by atoms with Gasteiger partial charge in [-0.1, -0.05) is 30.3 Å². The molecule has 12 nitrogen and oxygen atoms in total. The van der Waals surface area contributed by atoms with Gasteiger partial charge in [0, 0.05) is 36.6 Å². The molecule has 0 saturated carbocycles. The third-order valence-electron chi connectivity index (χ3n) is 7.03. The van der Waals surface area contributed by atoms with Crippen LogP contribution in [0.15, 0.2) is 79.1 Å². The number of hydrogen-bond acceptors (Lipinski definition) is 7. The van der Waals surface area contributed by atoms with Crippen LogP contribution in [0.1, 0.15) is 44.8 Å². The maximum Gasteiger partial charge on any atom is 0.257 e. The van der Waals surface area contributed by atoms with Crippen LogP contribution in [0.5, 0.6) is 0 Å². The second kappa shape index (κ2) is 14.3. The lowest BCUT2D eigenvalue weighted by molar-refractivity contribution is -0.125. The van der Waals surface area contributed by atoms with Gasteiger partial charge in [-0.3, -0.25) is 24.0 Å². The van der Waals surface area contributed by atoms with E-state index in [9.17, 15) is 36.7 Å². The number of carbonyl (C=O) groups excluding carboxylic acids is 3. The van der Waals surface area contributed by atoms with E-state index < -0.39 is 64.0 Å². The molecule has 0 aliphatic rings. The first-order chi connectivity index (χ1) is 21.7. The Kier molecular flexibility index (Phi) is 10.5. The minimum absolute atomic E-state index is 0.00262. The highest BCUT2D eigenvalue weighted by Crippen LogP contribution is 2.23. The predicted molar refractivity (Wildman–Crippen MR) is 167 cm³/mol. The van der Waals surface area contributed by atoms with E-state index >= 15 is 0 Å². The summed E-state index contributed by atoms with van der Waals surface area (Å²) in [4.78, 5) is 46.3. The lowest BCUT2D eigenvalue weighted by atomic mass is 9.99. The molecule has 1 heterocycles. The maximum atomic E-state index is 14.0. The van der Waals surface area contributed by atoms with Gasteiger partial charge in [-0.05, 0) is 54.8 Å². The molecule has 46 heavy (non-hydrogen) atoms. The first-order valence-electron chi connectivity index (χ1n) is 13.9. The van der Waals surface area contributed by atoms with E-state index in [1.54, 1.807) is 19.1 Å². The van der Waals surface area contributed by atoms with Gasteiger partial charge < -0.3 is 20.7 Å². The van der Waals surface area contributed by atoms with Gasteiger partial charge in [-0.25, -0.2) is 22.2 Å². The van der Waals surface area contributed by atoms with Gasteiger partial charge in [-0.15, -0.1) is 0 Å².